The van der Waals surface area contributed by atoms with Gasteiger partial charge in [0, 0.05) is 23.5 Å². The molecule has 0 aliphatic rings. The van der Waals surface area contributed by atoms with Crippen molar-refractivity contribution in [2.75, 3.05) is 0 Å². The standard InChI is InChI=1S/C20H18ClF3N2O/c1-12(2)19(21)26-10-14(4)18-13(3)9-16(11-25-18)15-5-7-17(8-6-15)27-20(22,23)24/h5-11H,4H2,1-3H3. The quantitative estimate of drug-likeness (QED) is 0.426. The molecule has 0 spiro atoms. The van der Waals surface area contributed by atoms with E-state index in [1.165, 1.54) is 12.1 Å². The van der Waals surface area contributed by atoms with Crippen molar-refractivity contribution >= 4 is 23.4 Å². The van der Waals surface area contributed by atoms with Crippen molar-refractivity contribution < 1.29 is 17.9 Å². The van der Waals surface area contributed by atoms with Gasteiger partial charge in [-0.1, -0.05) is 30.3 Å². The molecule has 2 aromatic rings. The van der Waals surface area contributed by atoms with E-state index in [0.29, 0.717) is 16.4 Å². The van der Waals surface area contributed by atoms with Crippen molar-refractivity contribution in [2.45, 2.75) is 27.1 Å². The number of aryl methyl sites for hydroxylation is 1. The highest BCUT2D eigenvalue weighted by Gasteiger charge is 2.30. The van der Waals surface area contributed by atoms with E-state index in [-0.39, 0.29) is 5.75 Å². The van der Waals surface area contributed by atoms with Gasteiger partial charge in [0.1, 0.15) is 10.9 Å². The number of pyridine rings is 1. The fourth-order valence-electron chi connectivity index (χ4n) is 2.24. The van der Waals surface area contributed by atoms with E-state index < -0.39 is 6.36 Å². The molecule has 0 atom stereocenters. The smallest absolute Gasteiger partial charge is 0.406 e. The van der Waals surface area contributed by atoms with E-state index in [9.17, 15) is 13.2 Å². The van der Waals surface area contributed by atoms with Gasteiger partial charge in [-0.05, 0) is 55.7 Å². The van der Waals surface area contributed by atoms with Gasteiger partial charge in [-0.25, -0.2) is 4.99 Å². The highest BCUT2D eigenvalue weighted by Crippen LogP contribution is 2.27. The lowest BCUT2D eigenvalue weighted by Gasteiger charge is -2.10. The van der Waals surface area contributed by atoms with Gasteiger partial charge in [0.15, 0.2) is 0 Å². The van der Waals surface area contributed by atoms with E-state index in [1.54, 1.807) is 24.5 Å². The second kappa shape index (κ2) is 8.39. The molecule has 0 amide bonds. The number of hydrogen-bond donors (Lipinski definition) is 0. The molecule has 1 aromatic heterocycles. The van der Waals surface area contributed by atoms with E-state index in [0.717, 1.165) is 22.3 Å². The number of hydrogen-bond acceptors (Lipinski definition) is 3. The summed E-state index contributed by atoms with van der Waals surface area (Å²) in [6, 6.07) is 7.49. The Balaban J connectivity index is 2.21. The molecule has 0 fully saturated rings. The number of halogens is 4. The molecular weight excluding hydrogens is 377 g/mol. The first-order valence-corrected chi connectivity index (χ1v) is 8.34. The zero-order valence-corrected chi connectivity index (χ0v) is 15.8. The van der Waals surface area contributed by atoms with Gasteiger partial charge in [-0.15, -0.1) is 13.2 Å². The van der Waals surface area contributed by atoms with Crippen molar-refractivity contribution in [1.29, 1.82) is 0 Å². The Labute approximate surface area is 160 Å². The minimum absolute atomic E-state index is 0.270. The second-order valence-corrected chi connectivity index (χ2v) is 6.39. The maximum Gasteiger partial charge on any atom is 0.573 e. The molecule has 2 rings (SSSR count). The number of aromatic nitrogens is 1. The first kappa shape index (κ1) is 20.7. The molecule has 7 heteroatoms. The minimum atomic E-state index is -4.71. The van der Waals surface area contributed by atoms with Gasteiger partial charge in [0.2, 0.25) is 0 Å². The molecule has 0 N–H and O–H groups in total. The molecular formula is C20H18ClF3N2O. The van der Waals surface area contributed by atoms with Crippen molar-refractivity contribution in [3.8, 4) is 16.9 Å². The van der Waals surface area contributed by atoms with Gasteiger partial charge in [-0.2, -0.15) is 0 Å². The molecule has 27 heavy (non-hydrogen) atoms. The van der Waals surface area contributed by atoms with Gasteiger partial charge in [0.25, 0.3) is 0 Å². The SMILES string of the molecule is C=C(C=NC(Cl)=C(C)C)c1ncc(-c2ccc(OC(F)(F)F)cc2)cc1C. The number of ether oxygens (including phenoxy) is 1. The van der Waals surface area contributed by atoms with Crippen LogP contribution in [0, 0.1) is 6.92 Å². The molecule has 1 heterocycles. The Morgan fingerprint density at radius 2 is 1.81 bits per heavy atom. The van der Waals surface area contributed by atoms with Crippen LogP contribution < -0.4 is 4.74 Å². The molecule has 1 aromatic carbocycles. The van der Waals surface area contributed by atoms with Crippen LogP contribution in [0.2, 0.25) is 0 Å². The third-order valence-electron chi connectivity index (χ3n) is 3.55. The van der Waals surface area contributed by atoms with E-state index in [4.69, 9.17) is 11.6 Å². The van der Waals surface area contributed by atoms with Crippen LogP contribution in [0.25, 0.3) is 16.7 Å². The van der Waals surface area contributed by atoms with Crippen molar-refractivity contribution in [2.24, 2.45) is 4.99 Å². The third kappa shape index (κ3) is 5.96. The zero-order chi connectivity index (χ0) is 20.2. The van der Waals surface area contributed by atoms with E-state index in [2.05, 4.69) is 21.3 Å². The van der Waals surface area contributed by atoms with E-state index >= 15 is 0 Å². The van der Waals surface area contributed by atoms with E-state index in [1.807, 2.05) is 26.8 Å². The van der Waals surface area contributed by atoms with Gasteiger partial charge in [0.05, 0.1) is 5.69 Å². The summed E-state index contributed by atoms with van der Waals surface area (Å²) >= 11 is 5.98. The van der Waals surface area contributed by atoms with Crippen molar-refractivity contribution in [3.05, 3.63) is 65.1 Å². The van der Waals surface area contributed by atoms with Crippen LogP contribution in [0.15, 0.2) is 58.8 Å². The van der Waals surface area contributed by atoms with Gasteiger partial charge < -0.3 is 4.74 Å². The third-order valence-corrected chi connectivity index (χ3v) is 4.03. The Morgan fingerprint density at radius 3 is 2.33 bits per heavy atom. The summed E-state index contributed by atoms with van der Waals surface area (Å²) in [5.41, 5.74) is 4.50. The highest BCUT2D eigenvalue weighted by molar-refractivity contribution is 6.30. The lowest BCUT2D eigenvalue weighted by atomic mass is 10.0. The van der Waals surface area contributed by atoms with Crippen LogP contribution in [-0.2, 0) is 0 Å². The Kier molecular flexibility index (Phi) is 6.44. The normalized spacial score (nSPS) is 11.5. The molecule has 3 nitrogen and oxygen atoms in total. The predicted octanol–water partition coefficient (Wildman–Crippen LogP) is 6.53. The van der Waals surface area contributed by atoms with Crippen LogP contribution in [0.1, 0.15) is 25.1 Å². The summed E-state index contributed by atoms with van der Waals surface area (Å²) in [6.07, 6.45) is -1.53. The number of allylic oxidation sites excluding steroid dienone is 2. The summed E-state index contributed by atoms with van der Waals surface area (Å²) in [7, 11) is 0. The molecule has 0 saturated carbocycles. The average Bonchev–Trinajstić information content (AvgIpc) is 2.58. The average molecular weight is 395 g/mol. The fraction of sp³-hybridized carbons (Fsp3) is 0.200. The van der Waals surface area contributed by atoms with Crippen LogP contribution in [0.5, 0.6) is 5.75 Å². The molecule has 0 aliphatic heterocycles. The van der Waals surface area contributed by atoms with Crippen LogP contribution in [0.4, 0.5) is 13.2 Å². The summed E-state index contributed by atoms with van der Waals surface area (Å²) in [6.45, 7) is 9.52. The monoisotopic (exact) mass is 394 g/mol. The number of rotatable bonds is 5. The first-order chi connectivity index (χ1) is 12.6. The number of aliphatic imine (C=N–C) groups is 1. The summed E-state index contributed by atoms with van der Waals surface area (Å²) in [5.74, 6) is -0.270. The lowest BCUT2D eigenvalue weighted by Crippen LogP contribution is -2.16. The lowest BCUT2D eigenvalue weighted by molar-refractivity contribution is -0.274. The fourth-order valence-corrected chi connectivity index (χ4v) is 2.29. The minimum Gasteiger partial charge on any atom is -0.406 e. The van der Waals surface area contributed by atoms with Crippen molar-refractivity contribution in [3.63, 3.8) is 0 Å². The number of nitrogens with zero attached hydrogens (tertiary/aromatic N) is 2. The highest BCUT2D eigenvalue weighted by atomic mass is 35.5. The number of alkyl halides is 3. The maximum absolute atomic E-state index is 12.2. The molecule has 0 unspecified atom stereocenters. The predicted molar refractivity (Wildman–Crippen MR) is 103 cm³/mol. The van der Waals surface area contributed by atoms with Gasteiger partial charge in [-0.3, -0.25) is 4.98 Å². The maximum atomic E-state index is 12.2. The van der Waals surface area contributed by atoms with Gasteiger partial charge >= 0.3 is 6.36 Å². The topological polar surface area (TPSA) is 34.5 Å². The summed E-state index contributed by atoms with van der Waals surface area (Å²) < 4.78 is 40.6. The molecule has 0 bridgehead atoms. The number of benzene rings is 1. The Hall–Kier alpha value is -2.60. The Bertz CT molecular complexity index is 896. The van der Waals surface area contributed by atoms with Crippen LogP contribution in [0.3, 0.4) is 0 Å². The first-order valence-electron chi connectivity index (χ1n) is 7.96. The van der Waals surface area contributed by atoms with Crippen LogP contribution in [-0.4, -0.2) is 17.6 Å². The largest absolute Gasteiger partial charge is 0.573 e. The van der Waals surface area contributed by atoms with Crippen LogP contribution >= 0.6 is 11.6 Å². The van der Waals surface area contributed by atoms with Crippen molar-refractivity contribution in [1.82, 2.24) is 4.98 Å². The summed E-state index contributed by atoms with van der Waals surface area (Å²) in [5, 5.41) is 0.395. The zero-order valence-electron chi connectivity index (χ0n) is 15.1. The second-order valence-electron chi connectivity index (χ2n) is 6.04. The molecule has 142 valence electrons. The molecule has 0 aliphatic carbocycles. The molecule has 0 saturated heterocycles. The molecule has 0 radical (unpaired) electrons. The Morgan fingerprint density at radius 1 is 1.19 bits per heavy atom. The summed E-state index contributed by atoms with van der Waals surface area (Å²) in [4.78, 5) is 8.53.